The van der Waals surface area contributed by atoms with Gasteiger partial charge in [0, 0.05) is 11.6 Å². The second-order valence-corrected chi connectivity index (χ2v) is 5.43. The fourth-order valence-electron chi connectivity index (χ4n) is 2.24. The number of pyridine rings is 2. The van der Waals surface area contributed by atoms with Gasteiger partial charge < -0.3 is 10.1 Å². The van der Waals surface area contributed by atoms with Crippen molar-refractivity contribution in [3.05, 3.63) is 58.9 Å². The molecule has 0 fully saturated rings. The topological polar surface area (TPSA) is 64.1 Å². The molecule has 0 unspecified atom stereocenters. The number of hydrogen-bond donors (Lipinski definition) is 1. The van der Waals surface area contributed by atoms with Crippen LogP contribution in [0.15, 0.2) is 42.6 Å². The Morgan fingerprint density at radius 1 is 1.22 bits per heavy atom. The molecule has 0 bridgehead atoms. The van der Waals surface area contributed by atoms with E-state index in [9.17, 15) is 4.79 Å². The molecule has 5 nitrogen and oxygen atoms in total. The Kier molecular flexibility index (Phi) is 4.12. The Labute approximate surface area is 138 Å². The second-order valence-electron chi connectivity index (χ2n) is 5.00. The number of hydrogen-bond acceptors (Lipinski definition) is 4. The predicted molar refractivity (Wildman–Crippen MR) is 90.2 cm³/mol. The van der Waals surface area contributed by atoms with Gasteiger partial charge >= 0.3 is 0 Å². The summed E-state index contributed by atoms with van der Waals surface area (Å²) in [6, 6.07) is 10.7. The normalized spacial score (nSPS) is 10.6. The van der Waals surface area contributed by atoms with Crippen molar-refractivity contribution in [1.82, 2.24) is 9.97 Å². The first-order valence-corrected chi connectivity index (χ1v) is 7.33. The molecule has 116 valence electrons. The van der Waals surface area contributed by atoms with Gasteiger partial charge in [-0.1, -0.05) is 11.6 Å². The highest BCUT2D eigenvalue weighted by Crippen LogP contribution is 2.22. The van der Waals surface area contributed by atoms with Crippen molar-refractivity contribution in [2.24, 2.45) is 0 Å². The lowest BCUT2D eigenvalue weighted by Crippen LogP contribution is -2.15. The lowest BCUT2D eigenvalue weighted by atomic mass is 10.1. The molecule has 0 radical (unpaired) electrons. The molecule has 0 aliphatic heterocycles. The number of methoxy groups -OCH3 is 1. The van der Waals surface area contributed by atoms with Crippen molar-refractivity contribution in [2.45, 2.75) is 6.92 Å². The number of aromatic nitrogens is 2. The van der Waals surface area contributed by atoms with Gasteiger partial charge in [-0.25, -0.2) is 4.98 Å². The Morgan fingerprint density at radius 2 is 2.04 bits per heavy atom. The number of rotatable bonds is 3. The quantitative estimate of drug-likeness (QED) is 0.793. The Bertz CT molecular complexity index is 879. The SMILES string of the molecule is COc1ccc2nc(C)c(C(=O)Nc3ccc(Cl)cn3)cc2c1. The molecule has 3 aromatic rings. The van der Waals surface area contributed by atoms with Crippen LogP contribution >= 0.6 is 11.6 Å². The fraction of sp³-hybridized carbons (Fsp3) is 0.118. The van der Waals surface area contributed by atoms with Crippen molar-refractivity contribution >= 4 is 34.2 Å². The van der Waals surface area contributed by atoms with Crippen molar-refractivity contribution in [2.75, 3.05) is 12.4 Å². The van der Waals surface area contributed by atoms with Crippen LogP contribution in [0.5, 0.6) is 5.75 Å². The van der Waals surface area contributed by atoms with E-state index in [1.54, 1.807) is 32.2 Å². The van der Waals surface area contributed by atoms with Crippen molar-refractivity contribution in [3.8, 4) is 5.75 Å². The summed E-state index contributed by atoms with van der Waals surface area (Å²) in [4.78, 5) is 21.0. The van der Waals surface area contributed by atoms with E-state index in [0.717, 1.165) is 10.9 Å². The maximum Gasteiger partial charge on any atom is 0.258 e. The number of fused-ring (bicyclic) bond motifs is 1. The molecule has 2 aromatic heterocycles. The maximum atomic E-state index is 12.5. The molecule has 0 spiro atoms. The van der Waals surface area contributed by atoms with Gasteiger partial charge in [-0.3, -0.25) is 9.78 Å². The lowest BCUT2D eigenvalue weighted by Gasteiger charge is -2.09. The van der Waals surface area contributed by atoms with Gasteiger partial charge in [0.05, 0.1) is 28.9 Å². The third kappa shape index (κ3) is 3.24. The molecule has 3 rings (SSSR count). The van der Waals surface area contributed by atoms with Crippen LogP contribution in [0.3, 0.4) is 0 Å². The molecule has 1 aromatic carbocycles. The number of anilines is 1. The molecule has 0 aliphatic carbocycles. The van der Waals surface area contributed by atoms with E-state index in [0.29, 0.717) is 27.8 Å². The number of carbonyl (C=O) groups excluding carboxylic acids is 1. The van der Waals surface area contributed by atoms with Gasteiger partial charge in [0.2, 0.25) is 0 Å². The molecular formula is C17H14ClN3O2. The average molecular weight is 328 g/mol. The first kappa shape index (κ1) is 15.2. The Balaban J connectivity index is 1.95. The zero-order chi connectivity index (χ0) is 16.4. The van der Waals surface area contributed by atoms with E-state index in [1.807, 2.05) is 18.2 Å². The first-order chi connectivity index (χ1) is 11.1. The molecule has 0 atom stereocenters. The molecule has 0 aliphatic rings. The van der Waals surface area contributed by atoms with E-state index in [-0.39, 0.29) is 5.91 Å². The van der Waals surface area contributed by atoms with Crippen LogP contribution in [0, 0.1) is 6.92 Å². The van der Waals surface area contributed by atoms with E-state index in [1.165, 1.54) is 6.20 Å². The summed E-state index contributed by atoms with van der Waals surface area (Å²) in [5.41, 5.74) is 1.95. The van der Waals surface area contributed by atoms with Crippen LogP contribution in [-0.2, 0) is 0 Å². The molecule has 0 saturated heterocycles. The smallest absolute Gasteiger partial charge is 0.258 e. The molecule has 6 heteroatoms. The Hall–Kier alpha value is -2.66. The number of carbonyl (C=O) groups is 1. The zero-order valence-electron chi connectivity index (χ0n) is 12.6. The van der Waals surface area contributed by atoms with Crippen LogP contribution < -0.4 is 10.1 Å². The largest absolute Gasteiger partial charge is 0.497 e. The van der Waals surface area contributed by atoms with Crippen LogP contribution in [0.2, 0.25) is 5.02 Å². The highest BCUT2D eigenvalue weighted by atomic mass is 35.5. The maximum absolute atomic E-state index is 12.5. The third-order valence-electron chi connectivity index (χ3n) is 3.43. The van der Waals surface area contributed by atoms with E-state index in [2.05, 4.69) is 15.3 Å². The van der Waals surface area contributed by atoms with Crippen LogP contribution in [0.4, 0.5) is 5.82 Å². The monoisotopic (exact) mass is 327 g/mol. The minimum absolute atomic E-state index is 0.269. The summed E-state index contributed by atoms with van der Waals surface area (Å²) >= 11 is 5.79. The molecule has 1 N–H and O–H groups in total. The van der Waals surface area contributed by atoms with Gasteiger partial charge in [-0.2, -0.15) is 0 Å². The summed E-state index contributed by atoms with van der Waals surface area (Å²) in [6.45, 7) is 1.80. The lowest BCUT2D eigenvalue weighted by molar-refractivity contribution is 0.102. The number of amides is 1. The zero-order valence-corrected chi connectivity index (χ0v) is 13.4. The summed E-state index contributed by atoms with van der Waals surface area (Å²) in [5.74, 6) is 0.882. The van der Waals surface area contributed by atoms with E-state index >= 15 is 0 Å². The minimum Gasteiger partial charge on any atom is -0.497 e. The van der Waals surface area contributed by atoms with Crippen LogP contribution in [-0.4, -0.2) is 23.0 Å². The first-order valence-electron chi connectivity index (χ1n) is 6.95. The summed E-state index contributed by atoms with van der Waals surface area (Å²) in [6.07, 6.45) is 1.48. The highest BCUT2D eigenvalue weighted by molar-refractivity contribution is 6.30. The van der Waals surface area contributed by atoms with Crippen LogP contribution in [0.1, 0.15) is 16.1 Å². The van der Waals surface area contributed by atoms with Gasteiger partial charge in [-0.15, -0.1) is 0 Å². The van der Waals surface area contributed by atoms with Gasteiger partial charge in [0.25, 0.3) is 5.91 Å². The number of benzene rings is 1. The standard InChI is InChI=1S/C17H14ClN3O2/c1-10-14(17(22)21-16-6-3-12(18)9-19-16)8-11-7-13(23-2)4-5-15(11)20-10/h3-9H,1-2H3,(H,19,21,22). The summed E-state index contributed by atoms with van der Waals surface area (Å²) < 4.78 is 5.21. The van der Waals surface area contributed by atoms with E-state index < -0.39 is 0 Å². The molecule has 0 saturated carbocycles. The van der Waals surface area contributed by atoms with E-state index in [4.69, 9.17) is 16.3 Å². The van der Waals surface area contributed by atoms with Gasteiger partial charge in [-0.05, 0) is 43.3 Å². The number of ether oxygens (including phenoxy) is 1. The van der Waals surface area contributed by atoms with Crippen molar-refractivity contribution < 1.29 is 9.53 Å². The Morgan fingerprint density at radius 3 is 2.74 bits per heavy atom. The third-order valence-corrected chi connectivity index (χ3v) is 3.65. The minimum atomic E-state index is -0.269. The van der Waals surface area contributed by atoms with Crippen LogP contribution in [0.25, 0.3) is 10.9 Å². The van der Waals surface area contributed by atoms with Crippen molar-refractivity contribution in [1.29, 1.82) is 0 Å². The van der Waals surface area contributed by atoms with Gasteiger partial charge in [0.15, 0.2) is 0 Å². The highest BCUT2D eigenvalue weighted by Gasteiger charge is 2.13. The molecule has 2 heterocycles. The number of halogens is 1. The second kappa shape index (κ2) is 6.22. The fourth-order valence-corrected chi connectivity index (χ4v) is 2.35. The number of nitrogens with zero attached hydrogens (tertiary/aromatic N) is 2. The number of nitrogens with one attached hydrogen (secondary N) is 1. The molecule has 23 heavy (non-hydrogen) atoms. The summed E-state index contributed by atoms with van der Waals surface area (Å²) in [5, 5.41) is 4.09. The molecular weight excluding hydrogens is 314 g/mol. The predicted octanol–water partition coefficient (Wildman–Crippen LogP) is 3.85. The average Bonchev–Trinajstić information content (AvgIpc) is 2.55. The summed E-state index contributed by atoms with van der Waals surface area (Å²) in [7, 11) is 1.60. The van der Waals surface area contributed by atoms with Gasteiger partial charge in [0.1, 0.15) is 11.6 Å². The van der Waals surface area contributed by atoms with Crippen molar-refractivity contribution in [3.63, 3.8) is 0 Å². The molecule has 1 amide bonds. The number of aryl methyl sites for hydroxylation is 1.